The number of aryl methyl sites for hydroxylation is 1. The summed E-state index contributed by atoms with van der Waals surface area (Å²) in [6, 6.07) is 7.69. The number of alkyl halides is 2. The first-order chi connectivity index (χ1) is 16.4. The molecule has 2 aliphatic heterocycles. The Labute approximate surface area is 197 Å². The number of nitrogens with zero attached hydrogens (tertiary/aromatic N) is 5. The fourth-order valence-electron chi connectivity index (χ4n) is 5.06. The van der Waals surface area contributed by atoms with Crippen molar-refractivity contribution in [2.45, 2.75) is 52.2 Å². The number of likely N-dealkylation sites (tertiary alicyclic amines) is 1. The topological polar surface area (TPSA) is 63.0 Å². The number of anilines is 1. The van der Waals surface area contributed by atoms with Crippen molar-refractivity contribution in [3.8, 4) is 5.75 Å². The van der Waals surface area contributed by atoms with E-state index < -0.39 is 6.61 Å². The molecule has 0 spiro atoms. The van der Waals surface area contributed by atoms with Gasteiger partial charge in [0.05, 0.1) is 11.7 Å². The van der Waals surface area contributed by atoms with E-state index in [4.69, 9.17) is 10.1 Å². The number of hydrogen-bond acceptors (Lipinski definition) is 5. The molecule has 2 saturated heterocycles. The molecule has 1 aromatic carbocycles. The van der Waals surface area contributed by atoms with Gasteiger partial charge in [-0.05, 0) is 62.8 Å². The Morgan fingerprint density at radius 1 is 1.15 bits per heavy atom. The smallest absolute Gasteiger partial charge is 0.387 e. The predicted octanol–water partition coefficient (Wildman–Crippen LogP) is 4.85. The molecule has 2 aliphatic rings. The fraction of sp³-hybridized carbons (Fsp3) is 0.480. The van der Waals surface area contributed by atoms with E-state index in [2.05, 4.69) is 23.5 Å². The molecule has 4 heterocycles. The van der Waals surface area contributed by atoms with Crippen LogP contribution in [0.25, 0.3) is 5.65 Å². The van der Waals surface area contributed by atoms with Gasteiger partial charge in [-0.25, -0.2) is 9.50 Å². The maximum absolute atomic E-state index is 13.3. The molecule has 0 aliphatic carbocycles. The van der Waals surface area contributed by atoms with E-state index in [1.165, 1.54) is 30.7 Å². The Balaban J connectivity index is 1.41. The minimum absolute atomic E-state index is 0.0340. The van der Waals surface area contributed by atoms with Gasteiger partial charge in [0.15, 0.2) is 5.65 Å². The number of fused-ring (bicyclic) bond motifs is 1. The lowest BCUT2D eigenvalue weighted by Crippen LogP contribution is -2.38. The Bertz CT molecular complexity index is 1180. The van der Waals surface area contributed by atoms with Crippen LogP contribution in [0.4, 0.5) is 14.6 Å². The van der Waals surface area contributed by atoms with Gasteiger partial charge in [0.1, 0.15) is 11.6 Å². The first-order valence-electron chi connectivity index (χ1n) is 11.9. The number of amides is 1. The van der Waals surface area contributed by atoms with Crippen LogP contribution in [0, 0.1) is 12.8 Å². The van der Waals surface area contributed by atoms with Crippen LogP contribution < -0.4 is 9.64 Å². The zero-order chi connectivity index (χ0) is 23.8. The van der Waals surface area contributed by atoms with Gasteiger partial charge in [-0.15, -0.1) is 0 Å². The molecule has 0 N–H and O–H groups in total. The molecule has 2 aromatic heterocycles. The van der Waals surface area contributed by atoms with E-state index in [1.54, 1.807) is 4.52 Å². The lowest BCUT2D eigenvalue weighted by Gasteiger charge is -2.34. The van der Waals surface area contributed by atoms with Crippen molar-refractivity contribution in [1.29, 1.82) is 0 Å². The van der Waals surface area contributed by atoms with Crippen LogP contribution in [-0.4, -0.2) is 51.7 Å². The molecule has 1 amide bonds. The summed E-state index contributed by atoms with van der Waals surface area (Å²) >= 11 is 0. The summed E-state index contributed by atoms with van der Waals surface area (Å²) in [5, 5.41) is 4.79. The van der Waals surface area contributed by atoms with Crippen molar-refractivity contribution in [2.24, 2.45) is 5.92 Å². The maximum atomic E-state index is 13.3. The molecule has 0 saturated carbocycles. The van der Waals surface area contributed by atoms with E-state index in [0.717, 1.165) is 55.1 Å². The third-order valence-electron chi connectivity index (χ3n) is 6.78. The standard InChI is InChI=1S/C25H29F2N5O2/c1-16-10-12-30(14-16)23-17(2)15-32-22(28-23)13-20(29-32)21-5-3-4-11-31(21)24(33)18-6-8-19(9-7-18)34-25(26)27/h6-9,13,15-16,21,25H,3-5,10-12,14H2,1-2H3/t16-,21-/m0/s1. The van der Waals surface area contributed by atoms with Gasteiger partial charge in [0.2, 0.25) is 0 Å². The fourth-order valence-corrected chi connectivity index (χ4v) is 5.06. The number of benzene rings is 1. The number of ether oxygens (including phenoxy) is 1. The molecule has 0 unspecified atom stereocenters. The monoisotopic (exact) mass is 469 g/mol. The van der Waals surface area contributed by atoms with Crippen LogP contribution >= 0.6 is 0 Å². The number of hydrogen-bond donors (Lipinski definition) is 0. The van der Waals surface area contributed by atoms with E-state index >= 15 is 0 Å². The number of halogens is 2. The van der Waals surface area contributed by atoms with E-state index in [0.29, 0.717) is 18.0 Å². The second-order valence-electron chi connectivity index (χ2n) is 9.37. The molecular weight excluding hydrogens is 440 g/mol. The molecule has 7 nitrogen and oxygen atoms in total. The Morgan fingerprint density at radius 3 is 2.65 bits per heavy atom. The molecule has 2 fully saturated rings. The highest BCUT2D eigenvalue weighted by atomic mass is 19.3. The molecule has 180 valence electrons. The summed E-state index contributed by atoms with van der Waals surface area (Å²) < 4.78 is 31.1. The zero-order valence-corrected chi connectivity index (χ0v) is 19.5. The number of carbonyl (C=O) groups excluding carboxylic acids is 1. The van der Waals surface area contributed by atoms with Gasteiger partial charge < -0.3 is 14.5 Å². The SMILES string of the molecule is Cc1cn2nc([C@@H]3CCCCN3C(=O)c3ccc(OC(F)F)cc3)cc2nc1N1CC[C@H](C)C1. The molecule has 0 bridgehead atoms. The van der Waals surface area contributed by atoms with Crippen LogP contribution in [0.5, 0.6) is 5.75 Å². The lowest BCUT2D eigenvalue weighted by atomic mass is 9.98. The van der Waals surface area contributed by atoms with Crippen molar-refractivity contribution >= 4 is 17.4 Å². The second-order valence-corrected chi connectivity index (χ2v) is 9.37. The average Bonchev–Trinajstić information content (AvgIpc) is 3.43. The van der Waals surface area contributed by atoms with Gasteiger partial charge in [-0.1, -0.05) is 6.92 Å². The van der Waals surface area contributed by atoms with Crippen LogP contribution in [0.3, 0.4) is 0 Å². The number of piperidine rings is 1. The third-order valence-corrected chi connectivity index (χ3v) is 6.78. The largest absolute Gasteiger partial charge is 0.435 e. The van der Waals surface area contributed by atoms with Crippen LogP contribution in [0.15, 0.2) is 36.5 Å². The Hall–Kier alpha value is -3.23. The number of rotatable bonds is 5. The van der Waals surface area contributed by atoms with Gasteiger partial charge in [0, 0.05) is 43.0 Å². The number of aromatic nitrogens is 3. The summed E-state index contributed by atoms with van der Waals surface area (Å²) in [6.45, 7) is 4.07. The van der Waals surface area contributed by atoms with Crippen molar-refractivity contribution in [1.82, 2.24) is 19.5 Å². The van der Waals surface area contributed by atoms with Crippen LogP contribution in [-0.2, 0) is 0 Å². The lowest BCUT2D eigenvalue weighted by molar-refractivity contribution is -0.0498. The van der Waals surface area contributed by atoms with Crippen molar-refractivity contribution < 1.29 is 18.3 Å². The highest BCUT2D eigenvalue weighted by Crippen LogP contribution is 2.33. The van der Waals surface area contributed by atoms with Crippen molar-refractivity contribution in [3.63, 3.8) is 0 Å². The molecule has 9 heteroatoms. The van der Waals surface area contributed by atoms with Crippen LogP contribution in [0.2, 0.25) is 0 Å². The highest BCUT2D eigenvalue weighted by molar-refractivity contribution is 5.94. The summed E-state index contributed by atoms with van der Waals surface area (Å²) in [5.41, 5.74) is 3.13. The minimum Gasteiger partial charge on any atom is -0.435 e. The maximum Gasteiger partial charge on any atom is 0.387 e. The van der Waals surface area contributed by atoms with E-state index in [1.807, 2.05) is 17.2 Å². The normalized spacial score (nSPS) is 21.0. The van der Waals surface area contributed by atoms with E-state index in [9.17, 15) is 13.6 Å². The summed E-state index contributed by atoms with van der Waals surface area (Å²) in [6.07, 6.45) is 5.92. The quantitative estimate of drug-likeness (QED) is 0.535. The minimum atomic E-state index is -2.89. The molecule has 0 radical (unpaired) electrons. The summed E-state index contributed by atoms with van der Waals surface area (Å²) in [7, 11) is 0. The average molecular weight is 470 g/mol. The van der Waals surface area contributed by atoms with Crippen molar-refractivity contribution in [3.05, 3.63) is 53.3 Å². The molecule has 3 aromatic rings. The first kappa shape index (κ1) is 22.6. The summed E-state index contributed by atoms with van der Waals surface area (Å²) in [5.74, 6) is 1.56. The molecule has 34 heavy (non-hydrogen) atoms. The first-order valence-corrected chi connectivity index (χ1v) is 11.9. The van der Waals surface area contributed by atoms with E-state index in [-0.39, 0.29) is 17.7 Å². The molecular formula is C25H29F2N5O2. The second kappa shape index (κ2) is 9.19. The Kier molecular flexibility index (Phi) is 6.10. The highest BCUT2D eigenvalue weighted by Gasteiger charge is 2.31. The zero-order valence-electron chi connectivity index (χ0n) is 19.5. The van der Waals surface area contributed by atoms with Gasteiger partial charge >= 0.3 is 6.61 Å². The van der Waals surface area contributed by atoms with Crippen molar-refractivity contribution in [2.75, 3.05) is 24.5 Å². The molecule has 2 atom stereocenters. The van der Waals surface area contributed by atoms with Gasteiger partial charge in [-0.3, -0.25) is 4.79 Å². The molecule has 5 rings (SSSR count). The van der Waals surface area contributed by atoms with Gasteiger partial charge in [0.25, 0.3) is 5.91 Å². The van der Waals surface area contributed by atoms with Crippen LogP contribution in [0.1, 0.15) is 60.3 Å². The Morgan fingerprint density at radius 2 is 1.94 bits per heavy atom. The third kappa shape index (κ3) is 4.43. The summed E-state index contributed by atoms with van der Waals surface area (Å²) in [4.78, 5) is 22.4. The predicted molar refractivity (Wildman–Crippen MR) is 124 cm³/mol. The number of carbonyl (C=O) groups is 1. The van der Waals surface area contributed by atoms with Gasteiger partial charge in [-0.2, -0.15) is 13.9 Å².